The largest absolute Gasteiger partial charge is 0.381 e. The van der Waals surface area contributed by atoms with Gasteiger partial charge in [-0.15, -0.1) is 6.58 Å². The molecule has 0 aromatic rings. The van der Waals surface area contributed by atoms with E-state index in [4.69, 9.17) is 4.74 Å². The van der Waals surface area contributed by atoms with Gasteiger partial charge in [-0.25, -0.2) is 0 Å². The average Bonchev–Trinajstić information content (AvgIpc) is 2.29. The van der Waals surface area contributed by atoms with E-state index in [1.807, 2.05) is 0 Å². The topological polar surface area (TPSA) is 21.3 Å². The maximum atomic E-state index is 5.60. The standard InChI is InChI=1S/C14H29NO/c1-5-8-11-16-12-9-14(4,7-3)13-15-10-6-2/h7,15H,3,5-6,8-13H2,1-2,4H3. The predicted molar refractivity (Wildman–Crippen MR) is 71.8 cm³/mol. The second-order valence-corrected chi connectivity index (χ2v) is 4.75. The molecule has 2 nitrogen and oxygen atoms in total. The normalized spacial score (nSPS) is 14.7. The first kappa shape index (κ1) is 15.7. The highest BCUT2D eigenvalue weighted by molar-refractivity contribution is 4.92. The Morgan fingerprint density at radius 2 is 2.00 bits per heavy atom. The van der Waals surface area contributed by atoms with Gasteiger partial charge in [-0.2, -0.15) is 0 Å². The van der Waals surface area contributed by atoms with Gasteiger partial charge in [-0.05, 0) is 31.2 Å². The van der Waals surface area contributed by atoms with Crippen molar-refractivity contribution in [1.29, 1.82) is 0 Å². The fourth-order valence-corrected chi connectivity index (χ4v) is 1.47. The van der Waals surface area contributed by atoms with E-state index in [0.717, 1.165) is 32.7 Å². The second-order valence-electron chi connectivity index (χ2n) is 4.75. The highest BCUT2D eigenvalue weighted by atomic mass is 16.5. The van der Waals surface area contributed by atoms with Crippen molar-refractivity contribution in [3.8, 4) is 0 Å². The molecule has 0 radical (unpaired) electrons. The van der Waals surface area contributed by atoms with Crippen LogP contribution in [-0.4, -0.2) is 26.3 Å². The molecule has 0 aromatic heterocycles. The van der Waals surface area contributed by atoms with E-state index in [0.29, 0.717) is 0 Å². The molecule has 0 heterocycles. The third kappa shape index (κ3) is 7.89. The molecule has 0 aliphatic rings. The quantitative estimate of drug-likeness (QED) is 0.431. The van der Waals surface area contributed by atoms with Gasteiger partial charge in [-0.1, -0.05) is 33.3 Å². The number of unbranched alkanes of at least 4 members (excludes halogenated alkanes) is 1. The average molecular weight is 227 g/mol. The van der Waals surface area contributed by atoms with Crippen LogP contribution in [0.1, 0.15) is 46.5 Å². The molecule has 0 aliphatic carbocycles. The number of hydrogen-bond acceptors (Lipinski definition) is 2. The number of ether oxygens (including phenoxy) is 1. The van der Waals surface area contributed by atoms with Crippen molar-refractivity contribution in [3.63, 3.8) is 0 Å². The minimum absolute atomic E-state index is 0.168. The summed E-state index contributed by atoms with van der Waals surface area (Å²) >= 11 is 0. The molecule has 0 spiro atoms. The van der Waals surface area contributed by atoms with Gasteiger partial charge in [0.15, 0.2) is 0 Å². The minimum Gasteiger partial charge on any atom is -0.381 e. The van der Waals surface area contributed by atoms with Gasteiger partial charge in [0, 0.05) is 19.8 Å². The van der Waals surface area contributed by atoms with E-state index in [1.165, 1.54) is 19.3 Å². The van der Waals surface area contributed by atoms with Crippen LogP contribution >= 0.6 is 0 Å². The lowest BCUT2D eigenvalue weighted by Crippen LogP contribution is -2.31. The van der Waals surface area contributed by atoms with Crippen molar-refractivity contribution < 1.29 is 4.74 Å². The van der Waals surface area contributed by atoms with Gasteiger partial charge in [0.25, 0.3) is 0 Å². The van der Waals surface area contributed by atoms with Crippen LogP contribution in [0.3, 0.4) is 0 Å². The summed E-state index contributed by atoms with van der Waals surface area (Å²) in [5, 5.41) is 3.45. The van der Waals surface area contributed by atoms with E-state index in [1.54, 1.807) is 0 Å². The van der Waals surface area contributed by atoms with E-state index < -0.39 is 0 Å². The van der Waals surface area contributed by atoms with E-state index >= 15 is 0 Å². The molecular weight excluding hydrogens is 198 g/mol. The van der Waals surface area contributed by atoms with Crippen LogP contribution in [0.4, 0.5) is 0 Å². The SMILES string of the molecule is C=CC(C)(CCOCCCC)CNCCC. The maximum absolute atomic E-state index is 5.60. The molecule has 0 amide bonds. The third-order valence-corrected chi connectivity index (χ3v) is 2.91. The Hall–Kier alpha value is -0.340. The summed E-state index contributed by atoms with van der Waals surface area (Å²) in [7, 11) is 0. The molecule has 0 rings (SSSR count). The molecule has 1 N–H and O–H groups in total. The molecule has 0 aliphatic heterocycles. The minimum atomic E-state index is 0.168. The zero-order chi connectivity index (χ0) is 12.3. The van der Waals surface area contributed by atoms with Crippen LogP contribution in [0.5, 0.6) is 0 Å². The molecule has 1 atom stereocenters. The zero-order valence-corrected chi connectivity index (χ0v) is 11.3. The summed E-state index contributed by atoms with van der Waals surface area (Å²) in [6.07, 6.45) is 6.66. The summed E-state index contributed by atoms with van der Waals surface area (Å²) in [5.74, 6) is 0. The molecule has 0 saturated heterocycles. The predicted octanol–water partition coefficient (Wildman–Crippen LogP) is 3.39. The smallest absolute Gasteiger partial charge is 0.0474 e. The fraction of sp³-hybridized carbons (Fsp3) is 0.857. The van der Waals surface area contributed by atoms with Crippen LogP contribution in [0.15, 0.2) is 12.7 Å². The molecular formula is C14H29NO. The summed E-state index contributed by atoms with van der Waals surface area (Å²) in [6, 6.07) is 0. The summed E-state index contributed by atoms with van der Waals surface area (Å²) in [5.41, 5.74) is 0.168. The lowest BCUT2D eigenvalue weighted by molar-refractivity contribution is 0.108. The lowest BCUT2D eigenvalue weighted by atomic mass is 9.87. The zero-order valence-electron chi connectivity index (χ0n) is 11.3. The van der Waals surface area contributed by atoms with Crippen molar-refractivity contribution in [2.24, 2.45) is 5.41 Å². The molecule has 96 valence electrons. The number of rotatable bonds is 11. The van der Waals surface area contributed by atoms with Crippen LogP contribution in [0.25, 0.3) is 0 Å². The molecule has 2 heteroatoms. The second kappa shape index (κ2) is 9.86. The highest BCUT2D eigenvalue weighted by Crippen LogP contribution is 2.21. The Morgan fingerprint density at radius 3 is 2.56 bits per heavy atom. The Kier molecular flexibility index (Phi) is 9.65. The van der Waals surface area contributed by atoms with Gasteiger partial charge in [-0.3, -0.25) is 0 Å². The molecule has 16 heavy (non-hydrogen) atoms. The van der Waals surface area contributed by atoms with Crippen LogP contribution in [-0.2, 0) is 4.74 Å². The lowest BCUT2D eigenvalue weighted by Gasteiger charge is -2.26. The summed E-state index contributed by atoms with van der Waals surface area (Å²) < 4.78 is 5.60. The number of nitrogens with one attached hydrogen (secondary N) is 1. The van der Waals surface area contributed by atoms with E-state index in [-0.39, 0.29) is 5.41 Å². The van der Waals surface area contributed by atoms with Crippen molar-refractivity contribution in [2.45, 2.75) is 46.5 Å². The highest BCUT2D eigenvalue weighted by Gasteiger charge is 2.19. The molecule has 0 saturated carbocycles. The van der Waals surface area contributed by atoms with Crippen molar-refractivity contribution >= 4 is 0 Å². The van der Waals surface area contributed by atoms with Crippen molar-refractivity contribution in [3.05, 3.63) is 12.7 Å². The van der Waals surface area contributed by atoms with Crippen LogP contribution < -0.4 is 5.32 Å². The number of hydrogen-bond donors (Lipinski definition) is 1. The Morgan fingerprint density at radius 1 is 1.25 bits per heavy atom. The van der Waals surface area contributed by atoms with Gasteiger partial charge >= 0.3 is 0 Å². The van der Waals surface area contributed by atoms with Crippen molar-refractivity contribution in [1.82, 2.24) is 5.32 Å². The first-order chi connectivity index (χ1) is 7.68. The van der Waals surface area contributed by atoms with Crippen LogP contribution in [0.2, 0.25) is 0 Å². The molecule has 0 bridgehead atoms. The Labute approximate surface area is 101 Å². The van der Waals surface area contributed by atoms with Crippen molar-refractivity contribution in [2.75, 3.05) is 26.3 Å². The van der Waals surface area contributed by atoms with Gasteiger partial charge in [0.05, 0.1) is 0 Å². The van der Waals surface area contributed by atoms with Crippen LogP contribution in [0, 0.1) is 5.41 Å². The first-order valence-corrected chi connectivity index (χ1v) is 6.60. The first-order valence-electron chi connectivity index (χ1n) is 6.60. The monoisotopic (exact) mass is 227 g/mol. The summed E-state index contributed by atoms with van der Waals surface area (Å²) in [4.78, 5) is 0. The molecule has 0 fully saturated rings. The Bertz CT molecular complexity index is 170. The molecule has 0 aromatic carbocycles. The molecule has 1 unspecified atom stereocenters. The van der Waals surface area contributed by atoms with E-state index in [2.05, 4.69) is 38.7 Å². The van der Waals surface area contributed by atoms with Gasteiger partial charge < -0.3 is 10.1 Å². The Balaban J connectivity index is 3.65. The van der Waals surface area contributed by atoms with Gasteiger partial charge in [0.2, 0.25) is 0 Å². The maximum Gasteiger partial charge on any atom is 0.0474 e. The summed E-state index contributed by atoms with van der Waals surface area (Å²) in [6.45, 7) is 14.4. The fourth-order valence-electron chi connectivity index (χ4n) is 1.47. The van der Waals surface area contributed by atoms with Gasteiger partial charge in [0.1, 0.15) is 0 Å². The van der Waals surface area contributed by atoms with E-state index in [9.17, 15) is 0 Å². The third-order valence-electron chi connectivity index (χ3n) is 2.91.